The summed E-state index contributed by atoms with van der Waals surface area (Å²) in [6, 6.07) is 10.8. The zero-order chi connectivity index (χ0) is 21.2. The highest BCUT2D eigenvalue weighted by Crippen LogP contribution is 2.37. The van der Waals surface area contributed by atoms with Crippen LogP contribution in [0.15, 0.2) is 48.5 Å². The molecule has 0 fully saturated rings. The van der Waals surface area contributed by atoms with Gasteiger partial charge in [-0.15, -0.1) is 0 Å². The number of benzene rings is 2. The van der Waals surface area contributed by atoms with Crippen LogP contribution in [-0.4, -0.2) is 42.5 Å². The van der Waals surface area contributed by atoms with Crippen molar-refractivity contribution in [2.45, 2.75) is 25.2 Å². The molecule has 1 aliphatic heterocycles. The Morgan fingerprint density at radius 1 is 1.21 bits per heavy atom. The van der Waals surface area contributed by atoms with Crippen LogP contribution in [0.25, 0.3) is 0 Å². The number of anilines is 2. The van der Waals surface area contributed by atoms with Crippen LogP contribution < -0.4 is 10.2 Å². The van der Waals surface area contributed by atoms with E-state index in [1.54, 1.807) is 42.3 Å². The molecule has 2 amide bonds. The van der Waals surface area contributed by atoms with E-state index >= 15 is 0 Å². The van der Waals surface area contributed by atoms with Gasteiger partial charge in [-0.1, -0.05) is 41.9 Å². The molecular formula is C20H19ClF3N3O2. The van der Waals surface area contributed by atoms with Gasteiger partial charge in [-0.2, -0.15) is 13.2 Å². The van der Waals surface area contributed by atoms with Gasteiger partial charge in [0, 0.05) is 11.6 Å². The van der Waals surface area contributed by atoms with Gasteiger partial charge >= 0.3 is 6.18 Å². The third-order valence-corrected chi connectivity index (χ3v) is 4.95. The van der Waals surface area contributed by atoms with E-state index in [-0.39, 0.29) is 24.5 Å². The fourth-order valence-corrected chi connectivity index (χ4v) is 3.47. The number of rotatable bonds is 4. The molecule has 1 aliphatic rings. The summed E-state index contributed by atoms with van der Waals surface area (Å²) in [5, 5.41) is 2.96. The SMILES string of the molecule is CN(CC(=O)N1c2ccccc2NC(=O)C[C@@H]1C(F)(F)F)Cc1ccccc1Cl. The topological polar surface area (TPSA) is 52.7 Å². The van der Waals surface area contributed by atoms with E-state index in [1.807, 2.05) is 0 Å². The van der Waals surface area contributed by atoms with Crippen LogP contribution in [0.1, 0.15) is 12.0 Å². The first kappa shape index (κ1) is 21.1. The number of halogens is 4. The van der Waals surface area contributed by atoms with Crippen molar-refractivity contribution in [3.63, 3.8) is 0 Å². The number of nitrogens with one attached hydrogen (secondary N) is 1. The molecule has 0 spiro atoms. The Labute approximate surface area is 171 Å². The smallest absolute Gasteiger partial charge is 0.324 e. The molecule has 29 heavy (non-hydrogen) atoms. The van der Waals surface area contributed by atoms with E-state index < -0.39 is 30.5 Å². The number of amides is 2. The summed E-state index contributed by atoms with van der Waals surface area (Å²) in [5.74, 6) is -1.55. The van der Waals surface area contributed by atoms with Crippen molar-refractivity contribution >= 4 is 34.8 Å². The second kappa shape index (κ2) is 8.42. The number of fused-ring (bicyclic) bond motifs is 1. The number of hydrogen-bond acceptors (Lipinski definition) is 3. The molecule has 5 nitrogen and oxygen atoms in total. The summed E-state index contributed by atoms with van der Waals surface area (Å²) >= 11 is 6.12. The maximum atomic E-state index is 13.7. The number of likely N-dealkylation sites (N-methyl/N-ethyl adjacent to an activating group) is 1. The van der Waals surface area contributed by atoms with E-state index in [4.69, 9.17) is 11.6 Å². The largest absolute Gasteiger partial charge is 0.409 e. The summed E-state index contributed by atoms with van der Waals surface area (Å²) < 4.78 is 41.2. The highest BCUT2D eigenvalue weighted by Gasteiger charge is 2.49. The van der Waals surface area contributed by atoms with E-state index in [9.17, 15) is 22.8 Å². The fraction of sp³-hybridized carbons (Fsp3) is 0.300. The molecule has 2 aromatic carbocycles. The molecule has 9 heteroatoms. The van der Waals surface area contributed by atoms with Gasteiger partial charge in [-0.3, -0.25) is 19.4 Å². The van der Waals surface area contributed by atoms with Crippen LogP contribution in [0, 0.1) is 0 Å². The molecule has 1 N–H and O–H groups in total. The van der Waals surface area contributed by atoms with Gasteiger partial charge < -0.3 is 5.32 Å². The predicted octanol–water partition coefficient (Wildman–Crippen LogP) is 4.08. The molecule has 0 unspecified atom stereocenters. The molecule has 154 valence electrons. The standard InChI is InChI=1S/C20H19ClF3N3O2/c1-26(11-13-6-2-3-7-14(13)21)12-19(29)27-16-9-5-4-8-15(16)25-18(28)10-17(27)20(22,23)24/h2-9,17H,10-12H2,1H3,(H,25,28)/t17-/m1/s1. The van der Waals surface area contributed by atoms with Gasteiger partial charge in [0.1, 0.15) is 6.04 Å². The van der Waals surface area contributed by atoms with E-state index in [1.165, 1.54) is 18.2 Å². The van der Waals surface area contributed by atoms with Crippen LogP contribution >= 0.6 is 11.6 Å². The Bertz CT molecular complexity index is 920. The number of carbonyl (C=O) groups is 2. The van der Waals surface area contributed by atoms with Crippen LogP contribution in [0.3, 0.4) is 0 Å². The van der Waals surface area contributed by atoms with Gasteiger partial charge in [0.25, 0.3) is 0 Å². The Morgan fingerprint density at radius 3 is 2.55 bits per heavy atom. The molecule has 1 atom stereocenters. The Balaban J connectivity index is 1.89. The van der Waals surface area contributed by atoms with Crippen molar-refractivity contribution in [3.05, 3.63) is 59.1 Å². The lowest BCUT2D eigenvalue weighted by Gasteiger charge is -2.33. The lowest BCUT2D eigenvalue weighted by molar-refractivity contribution is -0.158. The number of alkyl halides is 3. The third kappa shape index (κ3) is 4.89. The summed E-state index contributed by atoms with van der Waals surface area (Å²) in [7, 11) is 1.62. The molecule has 3 rings (SSSR count). The average molecular weight is 426 g/mol. The second-order valence-corrected chi connectivity index (χ2v) is 7.26. The van der Waals surface area contributed by atoms with Crippen molar-refractivity contribution in [2.75, 3.05) is 23.8 Å². The second-order valence-electron chi connectivity index (χ2n) is 6.85. The summed E-state index contributed by atoms with van der Waals surface area (Å²) in [6.07, 6.45) is -5.62. The monoisotopic (exact) mass is 425 g/mol. The summed E-state index contributed by atoms with van der Waals surface area (Å²) in [4.78, 5) is 27.2. The van der Waals surface area contributed by atoms with Crippen LogP contribution in [0.4, 0.5) is 24.5 Å². The zero-order valence-corrected chi connectivity index (χ0v) is 16.3. The van der Waals surface area contributed by atoms with Crippen LogP contribution in [0.2, 0.25) is 5.02 Å². The third-order valence-electron chi connectivity index (χ3n) is 4.58. The van der Waals surface area contributed by atoms with Gasteiger partial charge in [-0.25, -0.2) is 0 Å². The molecule has 1 heterocycles. The van der Waals surface area contributed by atoms with Crippen molar-refractivity contribution in [3.8, 4) is 0 Å². The normalized spacial score (nSPS) is 17.0. The minimum Gasteiger partial charge on any atom is -0.324 e. The minimum atomic E-state index is -4.76. The number of nitrogens with zero attached hydrogens (tertiary/aromatic N) is 2. The van der Waals surface area contributed by atoms with E-state index in [2.05, 4.69) is 5.32 Å². The maximum Gasteiger partial charge on any atom is 0.409 e. The highest BCUT2D eigenvalue weighted by molar-refractivity contribution is 6.31. The van der Waals surface area contributed by atoms with Crippen molar-refractivity contribution < 1.29 is 22.8 Å². The summed E-state index contributed by atoms with van der Waals surface area (Å²) in [5.41, 5.74) is 0.952. The Hall–Kier alpha value is -2.58. The average Bonchev–Trinajstić information content (AvgIpc) is 2.79. The molecule has 0 aliphatic carbocycles. The molecular weight excluding hydrogens is 407 g/mol. The molecule has 0 saturated heterocycles. The predicted molar refractivity (Wildman–Crippen MR) is 105 cm³/mol. The van der Waals surface area contributed by atoms with Crippen molar-refractivity contribution in [2.24, 2.45) is 0 Å². The van der Waals surface area contributed by atoms with Crippen LogP contribution in [-0.2, 0) is 16.1 Å². The first-order valence-corrected chi connectivity index (χ1v) is 9.24. The number of para-hydroxylation sites is 2. The molecule has 0 saturated carbocycles. The lowest BCUT2D eigenvalue weighted by atomic mass is 10.1. The molecule has 0 aromatic heterocycles. The van der Waals surface area contributed by atoms with Crippen molar-refractivity contribution in [1.82, 2.24) is 4.90 Å². The molecule has 0 radical (unpaired) electrons. The zero-order valence-electron chi connectivity index (χ0n) is 15.5. The number of hydrogen-bond donors (Lipinski definition) is 1. The van der Waals surface area contributed by atoms with Gasteiger partial charge in [0.05, 0.1) is 24.3 Å². The lowest BCUT2D eigenvalue weighted by Crippen LogP contribution is -2.52. The maximum absolute atomic E-state index is 13.7. The van der Waals surface area contributed by atoms with Crippen LogP contribution in [0.5, 0.6) is 0 Å². The highest BCUT2D eigenvalue weighted by atomic mass is 35.5. The summed E-state index contributed by atoms with van der Waals surface area (Å²) in [6.45, 7) is 0.00902. The number of carbonyl (C=O) groups excluding carboxylic acids is 2. The van der Waals surface area contributed by atoms with Crippen molar-refractivity contribution in [1.29, 1.82) is 0 Å². The first-order chi connectivity index (χ1) is 13.7. The van der Waals surface area contributed by atoms with Gasteiger partial charge in [0.2, 0.25) is 11.8 Å². The van der Waals surface area contributed by atoms with Gasteiger partial charge in [-0.05, 0) is 30.8 Å². The molecule has 0 bridgehead atoms. The fourth-order valence-electron chi connectivity index (χ4n) is 3.28. The van der Waals surface area contributed by atoms with Gasteiger partial charge in [0.15, 0.2) is 0 Å². The Morgan fingerprint density at radius 2 is 1.86 bits per heavy atom. The minimum absolute atomic E-state index is 0.0248. The van der Waals surface area contributed by atoms with E-state index in [0.717, 1.165) is 5.56 Å². The molecule has 2 aromatic rings. The first-order valence-electron chi connectivity index (χ1n) is 8.86. The van der Waals surface area contributed by atoms with E-state index in [0.29, 0.717) is 9.92 Å². The quantitative estimate of drug-likeness (QED) is 0.803. The Kier molecular flexibility index (Phi) is 6.14.